The number of hydrogen-bond donors (Lipinski definition) is 1. The average Bonchev–Trinajstić information content (AvgIpc) is 2.53. The lowest BCUT2D eigenvalue weighted by Crippen LogP contribution is -2.28. The summed E-state index contributed by atoms with van der Waals surface area (Å²) >= 11 is 1.66. The van der Waals surface area contributed by atoms with E-state index < -0.39 is 0 Å². The maximum Gasteiger partial charge on any atom is 0.252 e. The van der Waals surface area contributed by atoms with E-state index in [2.05, 4.69) is 19.2 Å². The molecule has 1 N–H and O–H groups in total. The van der Waals surface area contributed by atoms with Crippen LogP contribution in [0.4, 0.5) is 4.39 Å². The van der Waals surface area contributed by atoms with Crippen LogP contribution in [0.3, 0.4) is 0 Å². The Kier molecular flexibility index (Phi) is 6.47. The van der Waals surface area contributed by atoms with Crippen molar-refractivity contribution < 1.29 is 13.9 Å². The maximum atomic E-state index is 12.8. The van der Waals surface area contributed by atoms with Gasteiger partial charge in [-0.2, -0.15) is 0 Å². The summed E-state index contributed by atoms with van der Waals surface area (Å²) in [5.74, 6) is 0.165. The molecule has 0 saturated heterocycles. The summed E-state index contributed by atoms with van der Waals surface area (Å²) in [6, 6.07) is 13.4. The van der Waals surface area contributed by atoms with Gasteiger partial charge in [0.2, 0.25) is 0 Å². The van der Waals surface area contributed by atoms with Crippen LogP contribution in [-0.2, 0) is 0 Å². The molecule has 5 heteroatoms. The summed E-state index contributed by atoms with van der Waals surface area (Å²) in [5, 5.41) is 3.25. The molecule has 0 saturated carbocycles. The van der Waals surface area contributed by atoms with Crippen molar-refractivity contribution in [3.63, 3.8) is 0 Å². The standard InChI is InChI=1S/C18H20FNO2S/c1-13(2)23-17-6-4-3-5-16(17)18(21)20-11-12-22-15-9-7-14(19)8-10-15/h3-10,13H,11-12H2,1-2H3,(H,20,21). The molecule has 0 aromatic heterocycles. The molecule has 2 aromatic rings. The van der Waals surface area contributed by atoms with Crippen molar-refractivity contribution in [2.24, 2.45) is 0 Å². The summed E-state index contributed by atoms with van der Waals surface area (Å²) < 4.78 is 18.2. The number of hydrogen-bond acceptors (Lipinski definition) is 3. The molecule has 0 radical (unpaired) electrons. The molecule has 1 amide bonds. The lowest BCUT2D eigenvalue weighted by molar-refractivity contribution is 0.0944. The number of halogens is 1. The van der Waals surface area contributed by atoms with Crippen LogP contribution in [0, 0.1) is 5.82 Å². The third-order valence-electron chi connectivity index (χ3n) is 2.96. The van der Waals surface area contributed by atoms with Gasteiger partial charge in [0.1, 0.15) is 18.2 Å². The van der Waals surface area contributed by atoms with Gasteiger partial charge in [0.15, 0.2) is 0 Å². The van der Waals surface area contributed by atoms with Gasteiger partial charge in [-0.25, -0.2) is 4.39 Å². The Morgan fingerprint density at radius 2 is 1.87 bits per heavy atom. The first-order valence-corrected chi connectivity index (χ1v) is 8.36. The molecule has 0 bridgehead atoms. The van der Waals surface area contributed by atoms with Crippen LogP contribution in [0.15, 0.2) is 53.4 Å². The largest absolute Gasteiger partial charge is 0.492 e. The van der Waals surface area contributed by atoms with E-state index in [9.17, 15) is 9.18 Å². The van der Waals surface area contributed by atoms with Crippen LogP contribution in [0.5, 0.6) is 5.75 Å². The monoisotopic (exact) mass is 333 g/mol. The fourth-order valence-corrected chi connectivity index (χ4v) is 2.92. The van der Waals surface area contributed by atoms with Crippen LogP contribution in [0.25, 0.3) is 0 Å². The number of rotatable bonds is 7. The quantitative estimate of drug-likeness (QED) is 0.611. The summed E-state index contributed by atoms with van der Waals surface area (Å²) in [6.07, 6.45) is 0. The van der Waals surface area contributed by atoms with E-state index in [4.69, 9.17) is 4.74 Å². The predicted molar refractivity (Wildman–Crippen MR) is 91.7 cm³/mol. The van der Waals surface area contributed by atoms with E-state index in [0.29, 0.717) is 29.7 Å². The number of ether oxygens (including phenoxy) is 1. The number of benzene rings is 2. The van der Waals surface area contributed by atoms with Gasteiger partial charge in [-0.1, -0.05) is 26.0 Å². The maximum absolute atomic E-state index is 12.8. The van der Waals surface area contributed by atoms with Crippen molar-refractivity contribution in [2.45, 2.75) is 24.0 Å². The van der Waals surface area contributed by atoms with E-state index in [-0.39, 0.29) is 11.7 Å². The Labute approximate surface area is 140 Å². The van der Waals surface area contributed by atoms with Crippen LogP contribution in [-0.4, -0.2) is 24.3 Å². The molecule has 0 aliphatic rings. The summed E-state index contributed by atoms with van der Waals surface area (Å²) in [7, 11) is 0. The van der Waals surface area contributed by atoms with E-state index in [1.165, 1.54) is 12.1 Å². The van der Waals surface area contributed by atoms with Crippen LogP contribution < -0.4 is 10.1 Å². The Morgan fingerprint density at radius 3 is 2.57 bits per heavy atom. The first-order chi connectivity index (χ1) is 11.1. The fraction of sp³-hybridized carbons (Fsp3) is 0.278. The lowest BCUT2D eigenvalue weighted by atomic mass is 10.2. The van der Waals surface area contributed by atoms with E-state index >= 15 is 0 Å². The van der Waals surface area contributed by atoms with E-state index in [1.54, 1.807) is 23.9 Å². The zero-order valence-electron chi connectivity index (χ0n) is 13.2. The third kappa shape index (κ3) is 5.60. The van der Waals surface area contributed by atoms with Gasteiger partial charge in [-0.05, 0) is 36.4 Å². The Morgan fingerprint density at radius 1 is 1.17 bits per heavy atom. The van der Waals surface area contributed by atoms with Crippen molar-refractivity contribution in [3.8, 4) is 5.75 Å². The van der Waals surface area contributed by atoms with Gasteiger partial charge in [-0.15, -0.1) is 11.8 Å². The van der Waals surface area contributed by atoms with Gasteiger partial charge < -0.3 is 10.1 Å². The average molecular weight is 333 g/mol. The highest BCUT2D eigenvalue weighted by Gasteiger charge is 2.11. The minimum Gasteiger partial charge on any atom is -0.492 e. The molecular weight excluding hydrogens is 313 g/mol. The third-order valence-corrected chi connectivity index (χ3v) is 4.05. The second-order valence-electron chi connectivity index (χ2n) is 5.22. The highest BCUT2D eigenvalue weighted by molar-refractivity contribution is 8.00. The number of nitrogens with one attached hydrogen (secondary N) is 1. The van der Waals surface area contributed by atoms with Crippen LogP contribution in [0.1, 0.15) is 24.2 Å². The molecule has 122 valence electrons. The van der Waals surface area contributed by atoms with Crippen molar-refractivity contribution in [2.75, 3.05) is 13.2 Å². The summed E-state index contributed by atoms with van der Waals surface area (Å²) in [5.41, 5.74) is 0.674. The molecule has 0 unspecified atom stereocenters. The van der Waals surface area contributed by atoms with E-state index in [1.807, 2.05) is 24.3 Å². The molecule has 0 atom stereocenters. The molecule has 0 aliphatic heterocycles. The second-order valence-corrected chi connectivity index (χ2v) is 6.84. The first kappa shape index (κ1) is 17.3. The smallest absolute Gasteiger partial charge is 0.252 e. The minimum atomic E-state index is -0.301. The zero-order valence-corrected chi connectivity index (χ0v) is 14.0. The molecular formula is C18H20FNO2S. The fourth-order valence-electron chi connectivity index (χ4n) is 1.97. The molecule has 0 heterocycles. The molecule has 3 nitrogen and oxygen atoms in total. The Bertz CT molecular complexity index is 644. The number of amides is 1. The second kappa shape index (κ2) is 8.58. The highest BCUT2D eigenvalue weighted by Crippen LogP contribution is 2.26. The summed E-state index contributed by atoms with van der Waals surface area (Å²) in [4.78, 5) is 13.2. The molecule has 0 aliphatic carbocycles. The Hall–Kier alpha value is -2.01. The number of thioether (sulfide) groups is 1. The highest BCUT2D eigenvalue weighted by atomic mass is 32.2. The zero-order chi connectivity index (χ0) is 16.7. The number of carbonyl (C=O) groups is 1. The molecule has 23 heavy (non-hydrogen) atoms. The SMILES string of the molecule is CC(C)Sc1ccccc1C(=O)NCCOc1ccc(F)cc1. The minimum absolute atomic E-state index is 0.114. The van der Waals surface area contributed by atoms with Crippen LogP contribution in [0.2, 0.25) is 0 Å². The van der Waals surface area contributed by atoms with Gasteiger partial charge in [0.25, 0.3) is 5.91 Å². The Balaban J connectivity index is 1.84. The first-order valence-electron chi connectivity index (χ1n) is 7.48. The van der Waals surface area contributed by atoms with Crippen molar-refractivity contribution in [1.29, 1.82) is 0 Å². The van der Waals surface area contributed by atoms with Crippen molar-refractivity contribution >= 4 is 17.7 Å². The molecule has 0 fully saturated rings. The van der Waals surface area contributed by atoms with Gasteiger partial charge >= 0.3 is 0 Å². The number of carbonyl (C=O) groups excluding carboxylic acids is 1. The molecule has 2 aromatic carbocycles. The van der Waals surface area contributed by atoms with Gasteiger partial charge in [-0.3, -0.25) is 4.79 Å². The van der Waals surface area contributed by atoms with Crippen molar-refractivity contribution in [1.82, 2.24) is 5.32 Å². The normalized spacial score (nSPS) is 10.6. The summed E-state index contributed by atoms with van der Waals surface area (Å²) in [6.45, 7) is 4.90. The predicted octanol–water partition coefficient (Wildman–Crippen LogP) is 4.14. The van der Waals surface area contributed by atoms with Crippen LogP contribution >= 0.6 is 11.8 Å². The topological polar surface area (TPSA) is 38.3 Å². The van der Waals surface area contributed by atoms with E-state index in [0.717, 1.165) is 4.90 Å². The lowest BCUT2D eigenvalue weighted by Gasteiger charge is -2.12. The van der Waals surface area contributed by atoms with Crippen molar-refractivity contribution in [3.05, 3.63) is 59.9 Å². The van der Waals surface area contributed by atoms with Gasteiger partial charge in [0.05, 0.1) is 12.1 Å². The van der Waals surface area contributed by atoms with Gasteiger partial charge in [0, 0.05) is 10.1 Å². The molecule has 2 rings (SSSR count). The molecule has 0 spiro atoms.